The summed E-state index contributed by atoms with van der Waals surface area (Å²) in [6.07, 6.45) is 0.705. The third kappa shape index (κ3) is 1.55. The molecule has 1 aliphatic heterocycles. The number of rotatable bonds is 2. The Labute approximate surface area is 83.6 Å². The van der Waals surface area contributed by atoms with E-state index in [1.807, 2.05) is 25.1 Å². The van der Waals surface area contributed by atoms with Crippen LogP contribution >= 0.6 is 0 Å². The van der Waals surface area contributed by atoms with Crippen LogP contribution in [0.25, 0.3) is 0 Å². The first-order valence-electron chi connectivity index (χ1n) is 4.79. The predicted octanol–water partition coefficient (Wildman–Crippen LogP) is 2.34. The lowest BCUT2D eigenvalue weighted by molar-refractivity contribution is -0.109. The summed E-state index contributed by atoms with van der Waals surface area (Å²) in [7, 11) is 1.65. The first kappa shape index (κ1) is 9.34. The first-order valence-corrected chi connectivity index (χ1v) is 4.79. The first-order chi connectivity index (χ1) is 6.85. The van der Waals surface area contributed by atoms with Crippen molar-refractivity contribution in [1.29, 1.82) is 0 Å². The highest BCUT2D eigenvalue weighted by atomic mass is 16.7. The van der Waals surface area contributed by atoms with Gasteiger partial charge in [0, 0.05) is 12.0 Å². The third-order valence-corrected chi connectivity index (χ3v) is 2.29. The van der Waals surface area contributed by atoms with Crippen LogP contribution in [0.15, 0.2) is 18.2 Å². The summed E-state index contributed by atoms with van der Waals surface area (Å²) in [6, 6.07) is 5.83. The van der Waals surface area contributed by atoms with E-state index in [2.05, 4.69) is 0 Å². The van der Waals surface area contributed by atoms with E-state index in [0.29, 0.717) is 6.61 Å². The van der Waals surface area contributed by atoms with Gasteiger partial charge in [0.2, 0.25) is 0 Å². The Kier molecular flexibility index (Phi) is 2.59. The van der Waals surface area contributed by atoms with Gasteiger partial charge in [-0.3, -0.25) is 0 Å². The second-order valence-corrected chi connectivity index (χ2v) is 3.22. The number of ether oxygens (including phenoxy) is 3. The van der Waals surface area contributed by atoms with Crippen molar-refractivity contribution in [3.8, 4) is 11.5 Å². The summed E-state index contributed by atoms with van der Waals surface area (Å²) < 4.78 is 16.4. The van der Waals surface area contributed by atoms with Crippen LogP contribution in [-0.4, -0.2) is 13.4 Å². The Morgan fingerprint density at radius 2 is 2.36 bits per heavy atom. The maximum atomic E-state index is 5.66. The number of hydrogen-bond donors (Lipinski definition) is 0. The van der Waals surface area contributed by atoms with E-state index in [1.54, 1.807) is 7.11 Å². The van der Waals surface area contributed by atoms with E-state index in [-0.39, 0.29) is 6.29 Å². The highest BCUT2D eigenvalue weighted by Gasteiger charge is 2.21. The lowest BCUT2D eigenvalue weighted by atomic mass is 10.2. The summed E-state index contributed by atoms with van der Waals surface area (Å²) in [5.41, 5.74) is 1.05. The van der Waals surface area contributed by atoms with Crippen molar-refractivity contribution in [1.82, 2.24) is 0 Å². The van der Waals surface area contributed by atoms with Gasteiger partial charge < -0.3 is 14.2 Å². The normalized spacial score (nSPS) is 19.7. The van der Waals surface area contributed by atoms with E-state index in [0.717, 1.165) is 23.5 Å². The van der Waals surface area contributed by atoms with Crippen molar-refractivity contribution in [3.63, 3.8) is 0 Å². The summed E-state index contributed by atoms with van der Waals surface area (Å²) in [5, 5.41) is 0. The van der Waals surface area contributed by atoms with E-state index >= 15 is 0 Å². The standard InChI is InChI=1S/C11H14O3/c1-3-10-13-7-8-5-4-6-9(12-2)11(8)14-10/h4-6,10H,3,7H2,1-2H3. The molecule has 3 heteroatoms. The molecule has 0 spiro atoms. The van der Waals surface area contributed by atoms with Crippen LogP contribution in [0.3, 0.4) is 0 Å². The molecule has 0 radical (unpaired) electrons. The van der Waals surface area contributed by atoms with Crippen LogP contribution in [-0.2, 0) is 11.3 Å². The van der Waals surface area contributed by atoms with Crippen molar-refractivity contribution in [3.05, 3.63) is 23.8 Å². The number of methoxy groups -OCH3 is 1. The molecular weight excluding hydrogens is 180 g/mol. The van der Waals surface area contributed by atoms with Crippen LogP contribution in [0.1, 0.15) is 18.9 Å². The molecule has 1 unspecified atom stereocenters. The fourth-order valence-electron chi connectivity index (χ4n) is 1.52. The molecule has 0 fully saturated rings. The molecule has 0 bridgehead atoms. The van der Waals surface area contributed by atoms with Crippen molar-refractivity contribution < 1.29 is 14.2 Å². The molecule has 0 amide bonds. The zero-order valence-electron chi connectivity index (χ0n) is 8.45. The minimum absolute atomic E-state index is 0.140. The van der Waals surface area contributed by atoms with Gasteiger partial charge in [-0.1, -0.05) is 19.1 Å². The van der Waals surface area contributed by atoms with Gasteiger partial charge in [0.25, 0.3) is 0 Å². The maximum Gasteiger partial charge on any atom is 0.200 e. The SMILES string of the molecule is CCC1OCc2cccc(OC)c2O1. The summed E-state index contributed by atoms with van der Waals surface area (Å²) in [4.78, 5) is 0. The third-order valence-electron chi connectivity index (χ3n) is 2.29. The van der Waals surface area contributed by atoms with Crippen molar-refractivity contribution in [2.45, 2.75) is 26.2 Å². The summed E-state index contributed by atoms with van der Waals surface area (Å²) >= 11 is 0. The van der Waals surface area contributed by atoms with E-state index in [4.69, 9.17) is 14.2 Å². The molecule has 1 aliphatic rings. The molecule has 0 N–H and O–H groups in total. The molecule has 76 valence electrons. The number of para-hydroxylation sites is 1. The molecule has 3 nitrogen and oxygen atoms in total. The molecule has 2 rings (SSSR count). The molecule has 0 aromatic heterocycles. The Hall–Kier alpha value is -1.22. The monoisotopic (exact) mass is 194 g/mol. The fourth-order valence-corrected chi connectivity index (χ4v) is 1.52. The van der Waals surface area contributed by atoms with Gasteiger partial charge in [0.1, 0.15) is 0 Å². The molecule has 1 heterocycles. The van der Waals surface area contributed by atoms with Gasteiger partial charge in [0.05, 0.1) is 13.7 Å². The van der Waals surface area contributed by atoms with E-state index < -0.39 is 0 Å². The zero-order valence-corrected chi connectivity index (χ0v) is 8.45. The molecule has 0 saturated carbocycles. The van der Waals surface area contributed by atoms with Gasteiger partial charge in [0.15, 0.2) is 17.8 Å². The molecule has 1 atom stereocenters. The lowest BCUT2D eigenvalue weighted by Gasteiger charge is -2.26. The molecular formula is C11H14O3. The minimum atomic E-state index is -0.140. The number of hydrogen-bond acceptors (Lipinski definition) is 3. The van der Waals surface area contributed by atoms with E-state index in [1.165, 1.54) is 0 Å². The van der Waals surface area contributed by atoms with Crippen LogP contribution in [0.2, 0.25) is 0 Å². The Balaban J connectivity index is 2.33. The minimum Gasteiger partial charge on any atom is -0.493 e. The van der Waals surface area contributed by atoms with Gasteiger partial charge in [-0.25, -0.2) is 0 Å². The lowest BCUT2D eigenvalue weighted by Crippen LogP contribution is -2.24. The van der Waals surface area contributed by atoms with Gasteiger partial charge in [-0.2, -0.15) is 0 Å². The number of benzene rings is 1. The Bertz CT molecular complexity index is 308. The average Bonchev–Trinajstić information content (AvgIpc) is 2.27. The van der Waals surface area contributed by atoms with Crippen LogP contribution in [0.5, 0.6) is 11.5 Å². The largest absolute Gasteiger partial charge is 0.493 e. The summed E-state index contributed by atoms with van der Waals surface area (Å²) in [5.74, 6) is 1.61. The van der Waals surface area contributed by atoms with E-state index in [9.17, 15) is 0 Å². The smallest absolute Gasteiger partial charge is 0.200 e. The highest BCUT2D eigenvalue weighted by Crippen LogP contribution is 2.35. The quantitative estimate of drug-likeness (QED) is 0.723. The fraction of sp³-hybridized carbons (Fsp3) is 0.455. The van der Waals surface area contributed by atoms with Gasteiger partial charge in [-0.15, -0.1) is 0 Å². The van der Waals surface area contributed by atoms with Crippen LogP contribution in [0, 0.1) is 0 Å². The topological polar surface area (TPSA) is 27.7 Å². The van der Waals surface area contributed by atoms with Crippen molar-refractivity contribution in [2.24, 2.45) is 0 Å². The summed E-state index contributed by atoms with van der Waals surface area (Å²) in [6.45, 7) is 2.64. The predicted molar refractivity (Wildman–Crippen MR) is 52.5 cm³/mol. The Morgan fingerprint density at radius 3 is 3.07 bits per heavy atom. The van der Waals surface area contributed by atoms with Gasteiger partial charge >= 0.3 is 0 Å². The second-order valence-electron chi connectivity index (χ2n) is 3.22. The van der Waals surface area contributed by atoms with Crippen LogP contribution in [0.4, 0.5) is 0 Å². The average molecular weight is 194 g/mol. The molecule has 0 aliphatic carbocycles. The Morgan fingerprint density at radius 1 is 1.50 bits per heavy atom. The molecule has 14 heavy (non-hydrogen) atoms. The molecule has 1 aromatic rings. The number of fused-ring (bicyclic) bond motifs is 1. The molecule has 1 aromatic carbocycles. The highest BCUT2D eigenvalue weighted by molar-refractivity contribution is 5.46. The zero-order chi connectivity index (χ0) is 9.97. The van der Waals surface area contributed by atoms with Crippen molar-refractivity contribution >= 4 is 0 Å². The maximum absolute atomic E-state index is 5.66. The molecule has 0 saturated heterocycles. The van der Waals surface area contributed by atoms with Gasteiger partial charge in [-0.05, 0) is 6.07 Å². The van der Waals surface area contributed by atoms with Crippen molar-refractivity contribution in [2.75, 3.05) is 7.11 Å². The second kappa shape index (κ2) is 3.88. The van der Waals surface area contributed by atoms with Crippen LogP contribution < -0.4 is 9.47 Å².